The Morgan fingerprint density at radius 2 is 2.29 bits per heavy atom. The van der Waals surface area contributed by atoms with Crippen molar-refractivity contribution in [2.45, 2.75) is 12.5 Å². The second-order valence-electron chi connectivity index (χ2n) is 3.93. The number of nitrogens with zero attached hydrogens (tertiary/aromatic N) is 2. The molecule has 0 saturated heterocycles. The van der Waals surface area contributed by atoms with Gasteiger partial charge in [-0.1, -0.05) is 17.7 Å². The molecule has 0 aliphatic carbocycles. The van der Waals surface area contributed by atoms with Gasteiger partial charge in [0.1, 0.15) is 11.9 Å². The van der Waals surface area contributed by atoms with E-state index in [9.17, 15) is 9.50 Å². The molecule has 1 aromatic carbocycles. The molecule has 1 heterocycles. The molecule has 3 nitrogen and oxygen atoms in total. The average molecular weight is 255 g/mol. The molecule has 2 rings (SSSR count). The fraction of sp³-hybridized carbons (Fsp3) is 0.250. The summed E-state index contributed by atoms with van der Waals surface area (Å²) in [5.41, 5.74) is 1.36. The second kappa shape index (κ2) is 4.85. The maximum atomic E-state index is 13.0. The highest BCUT2D eigenvalue weighted by molar-refractivity contribution is 6.30. The van der Waals surface area contributed by atoms with E-state index in [1.165, 1.54) is 12.1 Å². The number of hydrogen-bond donors (Lipinski definition) is 1. The fourth-order valence-electron chi connectivity index (χ4n) is 1.60. The Hall–Kier alpha value is -1.39. The molecule has 0 fully saturated rings. The Morgan fingerprint density at radius 3 is 2.88 bits per heavy atom. The first-order chi connectivity index (χ1) is 8.06. The van der Waals surface area contributed by atoms with Crippen LogP contribution in [0.4, 0.5) is 4.39 Å². The smallest absolute Gasteiger partial charge is 0.141 e. The van der Waals surface area contributed by atoms with E-state index < -0.39 is 11.9 Å². The Labute approximate surface area is 103 Å². The van der Waals surface area contributed by atoms with Crippen molar-refractivity contribution in [1.82, 2.24) is 9.55 Å². The lowest BCUT2D eigenvalue weighted by Crippen LogP contribution is -2.02. The van der Waals surface area contributed by atoms with Crippen LogP contribution in [0.2, 0.25) is 5.02 Å². The molecule has 1 unspecified atom stereocenters. The SMILES string of the molecule is Cn1cnc(C(O)Cc2ccc(F)c(Cl)c2)c1. The van der Waals surface area contributed by atoms with E-state index in [2.05, 4.69) is 4.98 Å². The van der Waals surface area contributed by atoms with E-state index in [1.54, 1.807) is 23.2 Å². The number of aromatic nitrogens is 2. The topological polar surface area (TPSA) is 38.0 Å². The van der Waals surface area contributed by atoms with E-state index in [-0.39, 0.29) is 5.02 Å². The first kappa shape index (κ1) is 12.1. The number of imidazole rings is 1. The zero-order valence-corrected chi connectivity index (χ0v) is 10.0. The van der Waals surface area contributed by atoms with Gasteiger partial charge in [0.05, 0.1) is 17.0 Å². The molecule has 1 N–H and O–H groups in total. The van der Waals surface area contributed by atoms with Crippen LogP contribution in [0, 0.1) is 5.82 Å². The largest absolute Gasteiger partial charge is 0.386 e. The molecule has 5 heteroatoms. The van der Waals surface area contributed by atoms with Crippen LogP contribution >= 0.6 is 11.6 Å². The van der Waals surface area contributed by atoms with Gasteiger partial charge in [-0.05, 0) is 17.7 Å². The highest BCUT2D eigenvalue weighted by Gasteiger charge is 2.12. The van der Waals surface area contributed by atoms with E-state index in [0.717, 1.165) is 5.56 Å². The maximum Gasteiger partial charge on any atom is 0.141 e. The highest BCUT2D eigenvalue weighted by atomic mass is 35.5. The van der Waals surface area contributed by atoms with Crippen LogP contribution in [-0.2, 0) is 13.5 Å². The lowest BCUT2D eigenvalue weighted by molar-refractivity contribution is 0.174. The predicted molar refractivity (Wildman–Crippen MR) is 63.3 cm³/mol. The van der Waals surface area contributed by atoms with Crippen molar-refractivity contribution in [3.05, 3.63) is 52.8 Å². The Balaban J connectivity index is 2.12. The normalized spacial score (nSPS) is 12.7. The molecular weight excluding hydrogens is 243 g/mol. The van der Waals surface area contributed by atoms with Crippen LogP contribution in [-0.4, -0.2) is 14.7 Å². The summed E-state index contributed by atoms with van der Waals surface area (Å²) in [7, 11) is 1.83. The molecule has 0 aliphatic rings. The summed E-state index contributed by atoms with van der Waals surface area (Å²) < 4.78 is 14.7. The van der Waals surface area contributed by atoms with Gasteiger partial charge in [-0.3, -0.25) is 0 Å². The molecule has 1 atom stereocenters. The summed E-state index contributed by atoms with van der Waals surface area (Å²) in [6.07, 6.45) is 3.01. The molecule has 0 amide bonds. The Kier molecular flexibility index (Phi) is 3.45. The molecule has 90 valence electrons. The molecule has 0 saturated carbocycles. The Morgan fingerprint density at radius 1 is 1.53 bits per heavy atom. The van der Waals surface area contributed by atoms with Gasteiger partial charge >= 0.3 is 0 Å². The number of rotatable bonds is 3. The van der Waals surface area contributed by atoms with Crippen molar-refractivity contribution in [2.75, 3.05) is 0 Å². The van der Waals surface area contributed by atoms with Gasteiger partial charge in [-0.2, -0.15) is 0 Å². The van der Waals surface area contributed by atoms with Gasteiger partial charge in [0.2, 0.25) is 0 Å². The molecule has 2 aromatic rings. The van der Waals surface area contributed by atoms with Crippen molar-refractivity contribution >= 4 is 11.6 Å². The van der Waals surface area contributed by atoms with Crippen molar-refractivity contribution in [1.29, 1.82) is 0 Å². The zero-order valence-electron chi connectivity index (χ0n) is 9.27. The van der Waals surface area contributed by atoms with Gasteiger partial charge in [0.15, 0.2) is 0 Å². The Bertz CT molecular complexity index is 527. The van der Waals surface area contributed by atoms with Crippen LogP contribution in [0.5, 0.6) is 0 Å². The van der Waals surface area contributed by atoms with E-state index >= 15 is 0 Å². The van der Waals surface area contributed by atoms with Crippen molar-refractivity contribution < 1.29 is 9.50 Å². The monoisotopic (exact) mass is 254 g/mol. The van der Waals surface area contributed by atoms with Gasteiger partial charge in [0, 0.05) is 19.7 Å². The number of aryl methyl sites for hydroxylation is 1. The standard InChI is InChI=1S/C12H12ClFN2O/c1-16-6-11(15-7-16)12(17)5-8-2-3-10(14)9(13)4-8/h2-4,6-7,12,17H,5H2,1H3. The van der Waals surface area contributed by atoms with Crippen molar-refractivity contribution in [3.63, 3.8) is 0 Å². The summed E-state index contributed by atoms with van der Waals surface area (Å²) in [6.45, 7) is 0. The lowest BCUT2D eigenvalue weighted by atomic mass is 10.1. The third-order valence-corrected chi connectivity index (χ3v) is 2.77. The molecule has 0 bridgehead atoms. The number of aliphatic hydroxyl groups excluding tert-OH is 1. The molecule has 1 aromatic heterocycles. The van der Waals surface area contributed by atoms with Crippen LogP contribution < -0.4 is 0 Å². The van der Waals surface area contributed by atoms with E-state index in [1.807, 2.05) is 7.05 Å². The first-order valence-electron chi connectivity index (χ1n) is 5.16. The molecular formula is C12H12ClFN2O. The average Bonchev–Trinajstić information content (AvgIpc) is 2.70. The van der Waals surface area contributed by atoms with Crippen LogP contribution in [0.15, 0.2) is 30.7 Å². The summed E-state index contributed by atoms with van der Waals surface area (Å²) in [4.78, 5) is 4.06. The van der Waals surface area contributed by atoms with E-state index in [4.69, 9.17) is 11.6 Å². The zero-order chi connectivity index (χ0) is 12.4. The van der Waals surface area contributed by atoms with Crippen molar-refractivity contribution in [2.24, 2.45) is 7.05 Å². The molecule has 0 aliphatic heterocycles. The maximum absolute atomic E-state index is 13.0. The van der Waals surface area contributed by atoms with Gasteiger partial charge in [-0.25, -0.2) is 9.37 Å². The third-order valence-electron chi connectivity index (χ3n) is 2.48. The fourth-order valence-corrected chi connectivity index (χ4v) is 1.80. The molecule has 0 radical (unpaired) electrons. The minimum atomic E-state index is -0.710. The summed E-state index contributed by atoms with van der Waals surface area (Å²) >= 11 is 5.67. The predicted octanol–water partition coefficient (Wildman–Crippen LogP) is 2.49. The lowest BCUT2D eigenvalue weighted by Gasteiger charge is -2.08. The summed E-state index contributed by atoms with van der Waals surface area (Å²) in [5, 5.41) is 10.0. The van der Waals surface area contributed by atoms with Gasteiger partial charge in [-0.15, -0.1) is 0 Å². The van der Waals surface area contributed by atoms with Crippen LogP contribution in [0.25, 0.3) is 0 Å². The number of aliphatic hydroxyl groups is 1. The second-order valence-corrected chi connectivity index (χ2v) is 4.34. The number of hydrogen-bond acceptors (Lipinski definition) is 2. The first-order valence-corrected chi connectivity index (χ1v) is 5.54. The van der Waals surface area contributed by atoms with Gasteiger partial charge < -0.3 is 9.67 Å². The van der Waals surface area contributed by atoms with E-state index in [0.29, 0.717) is 12.1 Å². The summed E-state index contributed by atoms with van der Waals surface area (Å²) in [6, 6.07) is 4.42. The van der Waals surface area contributed by atoms with Crippen LogP contribution in [0.1, 0.15) is 17.4 Å². The quantitative estimate of drug-likeness (QED) is 0.914. The third kappa shape index (κ3) is 2.84. The minimum absolute atomic E-state index is 0.0655. The minimum Gasteiger partial charge on any atom is -0.386 e. The van der Waals surface area contributed by atoms with Gasteiger partial charge in [0.25, 0.3) is 0 Å². The molecule has 17 heavy (non-hydrogen) atoms. The number of halogens is 2. The highest BCUT2D eigenvalue weighted by Crippen LogP contribution is 2.21. The molecule has 0 spiro atoms. The number of benzene rings is 1. The van der Waals surface area contributed by atoms with Crippen LogP contribution in [0.3, 0.4) is 0 Å². The summed E-state index contributed by atoms with van der Waals surface area (Å²) in [5.74, 6) is -0.456. The van der Waals surface area contributed by atoms with Crippen molar-refractivity contribution in [3.8, 4) is 0 Å².